The summed E-state index contributed by atoms with van der Waals surface area (Å²) in [5.41, 5.74) is -1.87. The average Bonchev–Trinajstić information content (AvgIpc) is 2.70. The number of piperidine rings is 1. The quantitative estimate of drug-likeness (QED) is 0.680. The van der Waals surface area contributed by atoms with Gasteiger partial charge in [-0.2, -0.15) is 0 Å². The summed E-state index contributed by atoms with van der Waals surface area (Å²) < 4.78 is 62.9. The molecule has 0 radical (unpaired) electrons. The number of alkyl halides is 1. The molecule has 2 atom stereocenters. The van der Waals surface area contributed by atoms with E-state index in [0.29, 0.717) is 5.56 Å². The molecule has 2 N–H and O–H groups in total. The van der Waals surface area contributed by atoms with Crippen molar-refractivity contribution >= 4 is 28.9 Å². The Balaban J connectivity index is 1.48. The SMILES string of the molecule is O=C1CCc2c(OCC3(O)CCN(c4c(F)cc(Cl)cc4F)CC3F)ccc(F)c2N1. The molecule has 10 heteroatoms. The minimum Gasteiger partial charge on any atom is -0.490 e. The van der Waals surface area contributed by atoms with Crippen LogP contribution >= 0.6 is 11.6 Å². The van der Waals surface area contributed by atoms with Crippen LogP contribution in [0.25, 0.3) is 0 Å². The van der Waals surface area contributed by atoms with E-state index < -0.39 is 48.1 Å². The lowest BCUT2D eigenvalue weighted by Crippen LogP contribution is -2.57. The summed E-state index contributed by atoms with van der Waals surface area (Å²) in [5.74, 6) is -2.54. The molecule has 1 saturated heterocycles. The standard InChI is InChI=1S/C21H19ClF4N2O3/c22-11-7-14(24)20(15(25)8-11)28-6-5-21(30,17(26)9-28)10-31-16-3-2-13(23)19-12(16)1-4-18(29)27-19/h2-3,7-8,17,30H,1,4-6,9-10H2,(H,27,29). The zero-order valence-electron chi connectivity index (χ0n) is 16.2. The number of carbonyl (C=O) groups is 1. The molecule has 2 heterocycles. The number of benzene rings is 2. The van der Waals surface area contributed by atoms with Crippen LogP contribution in [-0.4, -0.2) is 42.5 Å². The summed E-state index contributed by atoms with van der Waals surface area (Å²) in [6, 6.07) is 4.35. The molecule has 2 aromatic rings. The number of nitrogens with one attached hydrogen (secondary N) is 1. The number of carbonyl (C=O) groups excluding carboxylic acids is 1. The van der Waals surface area contributed by atoms with Crippen LogP contribution in [0.4, 0.5) is 28.9 Å². The van der Waals surface area contributed by atoms with Gasteiger partial charge >= 0.3 is 0 Å². The number of hydrogen-bond acceptors (Lipinski definition) is 4. The summed E-state index contributed by atoms with van der Waals surface area (Å²) in [6.07, 6.45) is -1.63. The lowest BCUT2D eigenvalue weighted by Gasteiger charge is -2.41. The monoisotopic (exact) mass is 458 g/mol. The Hall–Kier alpha value is -2.52. The first-order chi connectivity index (χ1) is 14.7. The largest absolute Gasteiger partial charge is 0.490 e. The predicted molar refractivity (Wildman–Crippen MR) is 107 cm³/mol. The van der Waals surface area contributed by atoms with Crippen molar-refractivity contribution in [2.75, 3.05) is 29.9 Å². The number of nitrogens with zero attached hydrogens (tertiary/aromatic N) is 1. The van der Waals surface area contributed by atoms with Crippen LogP contribution in [-0.2, 0) is 11.2 Å². The molecule has 2 aromatic carbocycles. The van der Waals surface area contributed by atoms with Crippen molar-refractivity contribution in [2.45, 2.75) is 31.0 Å². The predicted octanol–water partition coefficient (Wildman–Crippen LogP) is 4.00. The van der Waals surface area contributed by atoms with E-state index in [0.717, 1.165) is 18.2 Å². The number of hydrogen-bond donors (Lipinski definition) is 2. The van der Waals surface area contributed by atoms with Crippen LogP contribution in [0.5, 0.6) is 5.75 Å². The van der Waals surface area contributed by atoms with Crippen molar-refractivity contribution in [3.8, 4) is 5.75 Å². The maximum absolute atomic E-state index is 14.9. The Kier molecular flexibility index (Phi) is 5.74. The summed E-state index contributed by atoms with van der Waals surface area (Å²) in [6.45, 7) is -0.917. The third kappa shape index (κ3) is 4.16. The molecule has 2 aliphatic rings. The van der Waals surface area contributed by atoms with Gasteiger partial charge in [0.2, 0.25) is 5.91 Å². The van der Waals surface area contributed by atoms with Crippen molar-refractivity contribution < 1.29 is 32.2 Å². The third-order valence-corrected chi connectivity index (χ3v) is 5.86. The number of anilines is 2. The highest BCUT2D eigenvalue weighted by Crippen LogP contribution is 2.36. The first kappa shape index (κ1) is 21.7. The summed E-state index contributed by atoms with van der Waals surface area (Å²) in [5, 5.41) is 13.1. The van der Waals surface area contributed by atoms with Crippen LogP contribution in [0.1, 0.15) is 18.4 Å². The van der Waals surface area contributed by atoms with Gasteiger partial charge in [-0.1, -0.05) is 11.6 Å². The van der Waals surface area contributed by atoms with E-state index in [1.54, 1.807) is 0 Å². The highest BCUT2D eigenvalue weighted by atomic mass is 35.5. The maximum atomic E-state index is 14.9. The van der Waals surface area contributed by atoms with E-state index in [1.807, 2.05) is 0 Å². The van der Waals surface area contributed by atoms with Gasteiger partial charge in [0.15, 0.2) is 11.6 Å². The minimum atomic E-state index is -1.91. The van der Waals surface area contributed by atoms with Gasteiger partial charge in [0, 0.05) is 23.6 Å². The molecule has 2 unspecified atom stereocenters. The topological polar surface area (TPSA) is 61.8 Å². The van der Waals surface area contributed by atoms with Crippen LogP contribution < -0.4 is 15.0 Å². The molecular weight excluding hydrogens is 440 g/mol. The van der Waals surface area contributed by atoms with Gasteiger partial charge in [0.05, 0.1) is 12.2 Å². The second-order valence-corrected chi connectivity index (χ2v) is 8.16. The lowest BCUT2D eigenvalue weighted by molar-refractivity contribution is -0.116. The minimum absolute atomic E-state index is 0.0149. The number of rotatable bonds is 4. The molecule has 0 bridgehead atoms. The van der Waals surface area contributed by atoms with E-state index in [1.165, 1.54) is 11.0 Å². The van der Waals surface area contributed by atoms with E-state index >= 15 is 0 Å². The molecule has 2 aliphatic heterocycles. The second-order valence-electron chi connectivity index (χ2n) is 7.72. The van der Waals surface area contributed by atoms with E-state index in [-0.39, 0.29) is 48.2 Å². The number of amides is 1. The molecule has 0 spiro atoms. The van der Waals surface area contributed by atoms with E-state index in [9.17, 15) is 27.5 Å². The normalized spacial score (nSPS) is 23.4. The molecule has 0 aromatic heterocycles. The second kappa shape index (κ2) is 8.20. The highest BCUT2D eigenvalue weighted by molar-refractivity contribution is 6.30. The van der Waals surface area contributed by atoms with E-state index in [4.69, 9.17) is 16.3 Å². The number of fused-ring (bicyclic) bond motifs is 1. The molecule has 166 valence electrons. The summed E-state index contributed by atoms with van der Waals surface area (Å²) in [4.78, 5) is 12.7. The summed E-state index contributed by atoms with van der Waals surface area (Å²) in [7, 11) is 0. The van der Waals surface area contributed by atoms with Gasteiger partial charge < -0.3 is 20.1 Å². The van der Waals surface area contributed by atoms with Gasteiger partial charge in [-0.3, -0.25) is 4.79 Å². The molecule has 5 nitrogen and oxygen atoms in total. The van der Waals surface area contributed by atoms with Gasteiger partial charge in [-0.15, -0.1) is 0 Å². The fraction of sp³-hybridized carbons (Fsp3) is 0.381. The zero-order chi connectivity index (χ0) is 22.3. The first-order valence-corrected chi connectivity index (χ1v) is 10.1. The highest BCUT2D eigenvalue weighted by Gasteiger charge is 2.44. The van der Waals surface area contributed by atoms with Crippen molar-refractivity contribution in [2.24, 2.45) is 0 Å². The molecule has 31 heavy (non-hydrogen) atoms. The van der Waals surface area contributed by atoms with Gasteiger partial charge in [-0.05, 0) is 37.1 Å². The fourth-order valence-corrected chi connectivity index (χ4v) is 4.10. The molecular formula is C21H19ClF4N2O3. The Morgan fingerprint density at radius 2 is 1.90 bits per heavy atom. The Morgan fingerprint density at radius 3 is 2.58 bits per heavy atom. The van der Waals surface area contributed by atoms with Gasteiger partial charge in [-0.25, -0.2) is 17.6 Å². The third-order valence-electron chi connectivity index (χ3n) is 5.64. The van der Waals surface area contributed by atoms with Crippen LogP contribution in [0, 0.1) is 17.5 Å². The molecule has 0 aliphatic carbocycles. The van der Waals surface area contributed by atoms with Crippen molar-refractivity contribution in [3.63, 3.8) is 0 Å². The van der Waals surface area contributed by atoms with Crippen molar-refractivity contribution in [1.29, 1.82) is 0 Å². The lowest BCUT2D eigenvalue weighted by atomic mass is 9.90. The molecule has 1 amide bonds. The molecule has 4 rings (SSSR count). The number of ether oxygens (including phenoxy) is 1. The number of halogens is 5. The van der Waals surface area contributed by atoms with Crippen molar-refractivity contribution in [1.82, 2.24) is 0 Å². The molecule has 0 saturated carbocycles. The Bertz CT molecular complexity index is 1010. The van der Waals surface area contributed by atoms with Crippen LogP contribution in [0.2, 0.25) is 5.02 Å². The Morgan fingerprint density at radius 1 is 1.19 bits per heavy atom. The Labute approximate surface area is 180 Å². The van der Waals surface area contributed by atoms with Gasteiger partial charge in [0.25, 0.3) is 0 Å². The maximum Gasteiger partial charge on any atom is 0.224 e. The molecule has 1 fully saturated rings. The van der Waals surface area contributed by atoms with Crippen molar-refractivity contribution in [3.05, 3.63) is 52.3 Å². The fourth-order valence-electron chi connectivity index (χ4n) is 3.90. The zero-order valence-corrected chi connectivity index (χ0v) is 17.0. The average molecular weight is 459 g/mol. The summed E-state index contributed by atoms with van der Waals surface area (Å²) >= 11 is 5.63. The number of aliphatic hydroxyl groups is 1. The van der Waals surface area contributed by atoms with E-state index in [2.05, 4.69) is 5.32 Å². The van der Waals surface area contributed by atoms with Crippen LogP contribution in [0.3, 0.4) is 0 Å². The van der Waals surface area contributed by atoms with Gasteiger partial charge in [0.1, 0.15) is 35.6 Å². The smallest absolute Gasteiger partial charge is 0.224 e. The first-order valence-electron chi connectivity index (χ1n) is 9.68. The van der Waals surface area contributed by atoms with Crippen LogP contribution in [0.15, 0.2) is 24.3 Å².